The Hall–Kier alpha value is -3.68. The van der Waals surface area contributed by atoms with Gasteiger partial charge in [-0.2, -0.15) is 9.78 Å². The van der Waals surface area contributed by atoms with Crippen LogP contribution in [0.2, 0.25) is 0 Å². The predicted octanol–water partition coefficient (Wildman–Crippen LogP) is 3.87. The van der Waals surface area contributed by atoms with Crippen molar-refractivity contribution in [2.45, 2.75) is 51.9 Å². The molecule has 164 valence electrons. The van der Waals surface area contributed by atoms with Crippen LogP contribution >= 0.6 is 0 Å². The first-order valence-electron chi connectivity index (χ1n) is 10.9. The number of hydrogen-bond acceptors (Lipinski definition) is 4. The molecule has 1 amide bonds. The van der Waals surface area contributed by atoms with E-state index in [4.69, 9.17) is 10.1 Å². The molecular weight excluding hydrogens is 404 g/mol. The number of carbonyl (C=O) groups excluding carboxylic acids is 1. The summed E-state index contributed by atoms with van der Waals surface area (Å²) in [5.41, 5.74) is 3.41. The Morgan fingerprint density at radius 1 is 1.16 bits per heavy atom. The minimum Gasteiger partial charge on any atom is -0.360 e. The summed E-state index contributed by atoms with van der Waals surface area (Å²) in [6.45, 7) is 6.15. The molecule has 0 unspecified atom stereocenters. The summed E-state index contributed by atoms with van der Waals surface area (Å²) in [4.78, 5) is 36.6. The summed E-state index contributed by atoms with van der Waals surface area (Å²) in [7, 11) is 0. The van der Waals surface area contributed by atoms with Crippen LogP contribution in [0.4, 0.5) is 5.82 Å². The minimum absolute atomic E-state index is 0.133. The van der Waals surface area contributed by atoms with E-state index in [-0.39, 0.29) is 16.9 Å². The van der Waals surface area contributed by atoms with E-state index in [0.717, 1.165) is 53.5 Å². The highest BCUT2D eigenvalue weighted by Gasteiger charge is 2.24. The zero-order valence-corrected chi connectivity index (χ0v) is 18.5. The van der Waals surface area contributed by atoms with Gasteiger partial charge in [0.25, 0.3) is 11.5 Å². The Morgan fingerprint density at radius 3 is 2.75 bits per heavy atom. The standard InChI is InChI=1S/C24H26N6O2/c1-24(2,3)19-12-20(27-22(32)16-13-25-17-10-6-4-8-14(16)17)30(29-19)23-26-18-11-7-5-9-15(18)21(31)28-23/h4,6,8,10,12-13,25H,5,7,9,11H2,1-3H3,(H,27,32)(H,26,28,31). The lowest BCUT2D eigenvalue weighted by molar-refractivity contribution is 0.102. The van der Waals surface area contributed by atoms with Gasteiger partial charge in [0.05, 0.1) is 17.0 Å². The molecule has 4 aromatic rings. The third kappa shape index (κ3) is 3.51. The highest BCUT2D eigenvalue weighted by Crippen LogP contribution is 2.27. The number of para-hydroxylation sites is 1. The van der Waals surface area contributed by atoms with Gasteiger partial charge in [0, 0.05) is 34.1 Å². The summed E-state index contributed by atoms with van der Waals surface area (Å²) in [5.74, 6) is 0.522. The number of carbonyl (C=O) groups is 1. The van der Waals surface area contributed by atoms with Gasteiger partial charge in [-0.3, -0.25) is 14.6 Å². The average Bonchev–Trinajstić information content (AvgIpc) is 3.38. The number of benzene rings is 1. The molecule has 0 radical (unpaired) electrons. The normalized spacial score (nSPS) is 13.8. The Morgan fingerprint density at radius 2 is 1.94 bits per heavy atom. The molecule has 5 rings (SSSR count). The molecule has 3 aromatic heterocycles. The Kier molecular flexibility index (Phi) is 4.73. The Labute approximate surface area is 185 Å². The van der Waals surface area contributed by atoms with Crippen molar-refractivity contribution >= 4 is 22.6 Å². The topological polar surface area (TPSA) is 108 Å². The molecule has 0 bridgehead atoms. The van der Waals surface area contributed by atoms with E-state index in [9.17, 15) is 9.59 Å². The summed E-state index contributed by atoms with van der Waals surface area (Å²) < 4.78 is 1.53. The van der Waals surface area contributed by atoms with Crippen LogP contribution in [-0.4, -0.2) is 30.6 Å². The number of amides is 1. The molecule has 8 heteroatoms. The van der Waals surface area contributed by atoms with E-state index in [2.05, 4.69) is 15.3 Å². The van der Waals surface area contributed by atoms with Gasteiger partial charge in [-0.15, -0.1) is 0 Å². The third-order valence-corrected chi connectivity index (χ3v) is 5.93. The molecule has 1 aliphatic rings. The van der Waals surface area contributed by atoms with E-state index in [1.807, 2.05) is 51.1 Å². The number of anilines is 1. The Bertz CT molecular complexity index is 1390. The quantitative estimate of drug-likeness (QED) is 0.458. The van der Waals surface area contributed by atoms with Gasteiger partial charge in [0.2, 0.25) is 5.95 Å². The zero-order chi connectivity index (χ0) is 22.5. The largest absolute Gasteiger partial charge is 0.360 e. The number of fused-ring (bicyclic) bond motifs is 2. The number of hydrogen-bond donors (Lipinski definition) is 3. The van der Waals surface area contributed by atoms with Gasteiger partial charge >= 0.3 is 0 Å². The van der Waals surface area contributed by atoms with Crippen LogP contribution < -0.4 is 10.9 Å². The van der Waals surface area contributed by atoms with Gasteiger partial charge in [-0.05, 0) is 31.7 Å². The van der Waals surface area contributed by atoms with Gasteiger partial charge in [-0.25, -0.2) is 4.98 Å². The molecule has 8 nitrogen and oxygen atoms in total. The highest BCUT2D eigenvalue weighted by molar-refractivity contribution is 6.12. The molecule has 0 saturated carbocycles. The summed E-state index contributed by atoms with van der Waals surface area (Å²) in [6, 6.07) is 9.49. The number of H-pyrrole nitrogens is 2. The van der Waals surface area contributed by atoms with Crippen molar-refractivity contribution in [1.29, 1.82) is 0 Å². The minimum atomic E-state index is -0.260. The smallest absolute Gasteiger partial charge is 0.258 e. The maximum atomic E-state index is 13.2. The van der Waals surface area contributed by atoms with Crippen molar-refractivity contribution in [3.63, 3.8) is 0 Å². The van der Waals surface area contributed by atoms with Gasteiger partial charge in [0.15, 0.2) is 0 Å². The molecule has 0 fully saturated rings. The molecule has 32 heavy (non-hydrogen) atoms. The molecule has 0 aliphatic heterocycles. The van der Waals surface area contributed by atoms with Crippen LogP contribution in [0.5, 0.6) is 0 Å². The van der Waals surface area contributed by atoms with Crippen LogP contribution in [-0.2, 0) is 18.3 Å². The number of aromatic amines is 2. The van der Waals surface area contributed by atoms with Crippen molar-refractivity contribution in [2.75, 3.05) is 5.32 Å². The van der Waals surface area contributed by atoms with Crippen LogP contribution in [0.25, 0.3) is 16.9 Å². The second-order valence-corrected chi connectivity index (χ2v) is 9.30. The summed E-state index contributed by atoms with van der Waals surface area (Å²) >= 11 is 0. The molecule has 3 N–H and O–H groups in total. The Balaban J connectivity index is 1.58. The molecule has 3 heterocycles. The van der Waals surface area contributed by atoms with E-state index in [1.54, 1.807) is 6.20 Å². The molecule has 0 atom stereocenters. The van der Waals surface area contributed by atoms with Crippen molar-refractivity contribution in [3.8, 4) is 5.95 Å². The lowest BCUT2D eigenvalue weighted by Gasteiger charge is -2.16. The highest BCUT2D eigenvalue weighted by atomic mass is 16.2. The second kappa shape index (κ2) is 7.47. The molecule has 1 aliphatic carbocycles. The van der Waals surface area contributed by atoms with Gasteiger partial charge < -0.3 is 10.3 Å². The fraction of sp³-hybridized carbons (Fsp3) is 0.333. The SMILES string of the molecule is CC(C)(C)c1cc(NC(=O)c2c[nH]c3ccccc23)n(-c2nc3c(c(=O)[nH]2)CCCC3)n1. The first-order valence-corrected chi connectivity index (χ1v) is 10.9. The van der Waals surface area contributed by atoms with Crippen LogP contribution in [0, 0.1) is 0 Å². The third-order valence-electron chi connectivity index (χ3n) is 5.93. The fourth-order valence-corrected chi connectivity index (χ4v) is 4.13. The number of aromatic nitrogens is 5. The first kappa shape index (κ1) is 20.2. The monoisotopic (exact) mass is 430 g/mol. The van der Waals surface area contributed by atoms with Crippen molar-refractivity contribution in [2.24, 2.45) is 0 Å². The lowest BCUT2D eigenvalue weighted by Crippen LogP contribution is -2.25. The van der Waals surface area contributed by atoms with Crippen LogP contribution in [0.3, 0.4) is 0 Å². The maximum absolute atomic E-state index is 13.2. The van der Waals surface area contributed by atoms with E-state index in [1.165, 1.54) is 4.68 Å². The summed E-state index contributed by atoms with van der Waals surface area (Å²) in [5, 5.41) is 8.52. The van der Waals surface area contributed by atoms with Gasteiger partial charge in [-0.1, -0.05) is 39.0 Å². The second-order valence-electron chi connectivity index (χ2n) is 9.30. The van der Waals surface area contributed by atoms with E-state index in [0.29, 0.717) is 17.3 Å². The predicted molar refractivity (Wildman–Crippen MR) is 124 cm³/mol. The van der Waals surface area contributed by atoms with Crippen molar-refractivity contribution in [1.82, 2.24) is 24.7 Å². The molecular formula is C24H26N6O2. The molecule has 1 aromatic carbocycles. The van der Waals surface area contributed by atoms with Crippen molar-refractivity contribution in [3.05, 3.63) is 69.4 Å². The van der Waals surface area contributed by atoms with E-state index >= 15 is 0 Å². The van der Waals surface area contributed by atoms with Crippen molar-refractivity contribution < 1.29 is 4.79 Å². The zero-order valence-electron chi connectivity index (χ0n) is 18.5. The van der Waals surface area contributed by atoms with Crippen LogP contribution in [0.15, 0.2) is 41.3 Å². The van der Waals surface area contributed by atoms with E-state index < -0.39 is 0 Å². The summed E-state index contributed by atoms with van der Waals surface area (Å²) in [6.07, 6.45) is 5.23. The molecule has 0 spiro atoms. The lowest BCUT2D eigenvalue weighted by atomic mass is 9.92. The maximum Gasteiger partial charge on any atom is 0.258 e. The number of nitrogens with zero attached hydrogens (tertiary/aromatic N) is 3. The first-order chi connectivity index (χ1) is 15.3. The van der Waals surface area contributed by atoms with Crippen LogP contribution in [0.1, 0.15) is 60.9 Å². The average molecular weight is 431 g/mol. The number of nitrogens with one attached hydrogen (secondary N) is 3. The van der Waals surface area contributed by atoms with Gasteiger partial charge in [0.1, 0.15) is 5.82 Å². The number of aryl methyl sites for hydroxylation is 1. The number of rotatable bonds is 3. The fourth-order valence-electron chi connectivity index (χ4n) is 4.13. The molecule has 0 saturated heterocycles.